The molecule has 1 atom stereocenters. The van der Waals surface area contributed by atoms with E-state index in [2.05, 4.69) is 20.6 Å². The Labute approximate surface area is 179 Å². The average molecular weight is 419 g/mol. The third-order valence-corrected chi connectivity index (χ3v) is 5.49. The van der Waals surface area contributed by atoms with E-state index in [1.54, 1.807) is 12.1 Å². The maximum absolute atomic E-state index is 12.4. The number of imidazole rings is 1. The van der Waals surface area contributed by atoms with Gasteiger partial charge in [-0.25, -0.2) is 9.67 Å². The molecule has 0 saturated heterocycles. The molecule has 8 heteroatoms. The number of carbonyl (C=O) groups is 1. The van der Waals surface area contributed by atoms with Crippen LogP contribution < -0.4 is 10.9 Å². The summed E-state index contributed by atoms with van der Waals surface area (Å²) in [7, 11) is 1.96. The van der Waals surface area contributed by atoms with Gasteiger partial charge in [0.05, 0.1) is 22.5 Å². The monoisotopic (exact) mass is 418 g/mol. The SMILES string of the molecule is CC(NC(=O)CCCCCn1nnc2ccccc2c1=O)c1nc2ccccc2n1C. The van der Waals surface area contributed by atoms with Crippen molar-refractivity contribution < 1.29 is 4.79 Å². The highest BCUT2D eigenvalue weighted by atomic mass is 16.1. The number of unbranched alkanes of at least 4 members (excludes halogenated alkanes) is 2. The zero-order chi connectivity index (χ0) is 21.8. The number of amides is 1. The maximum atomic E-state index is 12.4. The second-order valence-electron chi connectivity index (χ2n) is 7.75. The highest BCUT2D eigenvalue weighted by Crippen LogP contribution is 2.19. The van der Waals surface area contributed by atoms with Gasteiger partial charge in [0.25, 0.3) is 5.56 Å². The fraction of sp³-hybridized carbons (Fsp3) is 0.348. The van der Waals surface area contributed by atoms with Crippen LogP contribution in [0.1, 0.15) is 44.5 Å². The number of hydrogen-bond donors (Lipinski definition) is 1. The van der Waals surface area contributed by atoms with E-state index in [0.29, 0.717) is 23.9 Å². The van der Waals surface area contributed by atoms with E-state index in [1.165, 1.54) is 4.68 Å². The van der Waals surface area contributed by atoms with E-state index in [9.17, 15) is 9.59 Å². The lowest BCUT2D eigenvalue weighted by molar-refractivity contribution is -0.121. The molecule has 0 fully saturated rings. The Balaban J connectivity index is 1.24. The predicted octanol–water partition coefficient (Wildman–Crippen LogP) is 3.12. The molecule has 8 nitrogen and oxygen atoms in total. The van der Waals surface area contributed by atoms with Crippen molar-refractivity contribution in [3.05, 3.63) is 64.7 Å². The minimum atomic E-state index is -0.170. The van der Waals surface area contributed by atoms with Crippen molar-refractivity contribution in [2.45, 2.75) is 45.2 Å². The molecular weight excluding hydrogens is 392 g/mol. The van der Waals surface area contributed by atoms with Gasteiger partial charge in [-0.05, 0) is 44.0 Å². The van der Waals surface area contributed by atoms with Crippen molar-refractivity contribution in [2.24, 2.45) is 7.05 Å². The van der Waals surface area contributed by atoms with Gasteiger partial charge in [0.2, 0.25) is 5.91 Å². The van der Waals surface area contributed by atoms with Crippen molar-refractivity contribution in [3.8, 4) is 0 Å². The first-order valence-corrected chi connectivity index (χ1v) is 10.6. The van der Waals surface area contributed by atoms with Crippen molar-refractivity contribution in [1.82, 2.24) is 29.9 Å². The molecule has 1 amide bonds. The summed E-state index contributed by atoms with van der Waals surface area (Å²) in [6.45, 7) is 2.44. The van der Waals surface area contributed by atoms with Crippen LogP contribution in [-0.2, 0) is 18.4 Å². The fourth-order valence-corrected chi connectivity index (χ4v) is 3.82. The number of para-hydroxylation sites is 2. The summed E-state index contributed by atoms with van der Waals surface area (Å²) in [4.78, 5) is 29.4. The van der Waals surface area contributed by atoms with Crippen LogP contribution in [0.15, 0.2) is 53.3 Å². The first-order valence-electron chi connectivity index (χ1n) is 10.6. The van der Waals surface area contributed by atoms with Crippen molar-refractivity contribution >= 4 is 27.8 Å². The van der Waals surface area contributed by atoms with Gasteiger partial charge >= 0.3 is 0 Å². The Morgan fingerprint density at radius 2 is 1.77 bits per heavy atom. The Bertz CT molecular complexity index is 1280. The van der Waals surface area contributed by atoms with Crippen molar-refractivity contribution in [3.63, 3.8) is 0 Å². The number of aromatic nitrogens is 5. The smallest absolute Gasteiger partial charge is 0.277 e. The molecule has 0 spiro atoms. The molecule has 2 aromatic heterocycles. The lowest BCUT2D eigenvalue weighted by atomic mass is 10.1. The number of hydrogen-bond acceptors (Lipinski definition) is 5. The Morgan fingerprint density at radius 1 is 1.03 bits per heavy atom. The van der Waals surface area contributed by atoms with Crippen LogP contribution >= 0.6 is 0 Å². The summed E-state index contributed by atoms with van der Waals surface area (Å²) >= 11 is 0. The van der Waals surface area contributed by atoms with Crippen LogP contribution in [0.5, 0.6) is 0 Å². The van der Waals surface area contributed by atoms with E-state index in [-0.39, 0.29) is 17.5 Å². The molecule has 31 heavy (non-hydrogen) atoms. The molecule has 0 aliphatic carbocycles. The second kappa shape index (κ2) is 9.07. The van der Waals surface area contributed by atoms with E-state index in [1.807, 2.05) is 54.9 Å². The molecule has 0 aliphatic rings. The largest absolute Gasteiger partial charge is 0.346 e. The summed E-state index contributed by atoms with van der Waals surface area (Å²) in [6, 6.07) is 15.0. The van der Waals surface area contributed by atoms with Crippen LogP contribution in [0, 0.1) is 0 Å². The topological polar surface area (TPSA) is 94.7 Å². The van der Waals surface area contributed by atoms with Crippen LogP contribution in [0.2, 0.25) is 0 Å². The zero-order valence-corrected chi connectivity index (χ0v) is 17.8. The number of nitrogens with zero attached hydrogens (tertiary/aromatic N) is 5. The first-order chi connectivity index (χ1) is 15.0. The fourth-order valence-electron chi connectivity index (χ4n) is 3.82. The molecule has 0 bridgehead atoms. The molecule has 0 saturated carbocycles. The van der Waals surface area contributed by atoms with Gasteiger partial charge in [-0.2, -0.15) is 0 Å². The standard InChI is InChI=1S/C23H26N6O2/c1-16(22-25-19-12-7-8-13-20(19)28(22)2)24-21(30)14-4-3-9-15-29-23(31)17-10-5-6-11-18(17)26-27-29/h5-8,10-13,16H,3-4,9,14-15H2,1-2H3,(H,24,30). The summed E-state index contributed by atoms with van der Waals surface area (Å²) in [5.41, 5.74) is 2.45. The van der Waals surface area contributed by atoms with Crippen molar-refractivity contribution in [1.29, 1.82) is 0 Å². The first kappa shape index (κ1) is 20.7. The maximum Gasteiger partial charge on any atom is 0.277 e. The molecule has 1 N–H and O–H groups in total. The highest BCUT2D eigenvalue weighted by Gasteiger charge is 2.16. The second-order valence-corrected chi connectivity index (χ2v) is 7.75. The number of aryl methyl sites for hydroxylation is 2. The Kier molecular flexibility index (Phi) is 6.06. The van der Waals surface area contributed by atoms with Crippen molar-refractivity contribution in [2.75, 3.05) is 0 Å². The number of nitrogens with one attached hydrogen (secondary N) is 1. The molecule has 0 aliphatic heterocycles. The van der Waals surface area contributed by atoms with Crippen LogP contribution in [0.3, 0.4) is 0 Å². The Morgan fingerprint density at radius 3 is 2.58 bits per heavy atom. The normalized spacial score (nSPS) is 12.3. The van der Waals surface area contributed by atoms with E-state index in [4.69, 9.17) is 0 Å². The number of rotatable bonds is 8. The van der Waals surface area contributed by atoms with Gasteiger partial charge in [0.1, 0.15) is 11.3 Å². The predicted molar refractivity (Wildman–Crippen MR) is 120 cm³/mol. The van der Waals surface area contributed by atoms with Crippen LogP contribution in [0.4, 0.5) is 0 Å². The number of carbonyl (C=O) groups excluding carboxylic acids is 1. The molecular formula is C23H26N6O2. The minimum Gasteiger partial charge on any atom is -0.346 e. The van der Waals surface area contributed by atoms with Gasteiger partial charge in [0.15, 0.2) is 0 Å². The van der Waals surface area contributed by atoms with Gasteiger partial charge < -0.3 is 9.88 Å². The molecule has 0 radical (unpaired) electrons. The molecule has 160 valence electrons. The van der Waals surface area contributed by atoms with Gasteiger partial charge in [0, 0.05) is 20.0 Å². The van der Waals surface area contributed by atoms with Gasteiger partial charge in [-0.3, -0.25) is 9.59 Å². The number of fused-ring (bicyclic) bond motifs is 2. The molecule has 2 aromatic carbocycles. The quantitative estimate of drug-likeness (QED) is 0.444. The average Bonchev–Trinajstić information content (AvgIpc) is 3.12. The molecule has 1 unspecified atom stereocenters. The lowest BCUT2D eigenvalue weighted by Gasteiger charge is -2.14. The van der Waals surface area contributed by atoms with E-state index >= 15 is 0 Å². The third kappa shape index (κ3) is 4.47. The zero-order valence-electron chi connectivity index (χ0n) is 17.8. The van der Waals surface area contributed by atoms with Crippen LogP contribution in [0.25, 0.3) is 21.9 Å². The lowest BCUT2D eigenvalue weighted by Crippen LogP contribution is -2.28. The minimum absolute atomic E-state index is 0.00206. The highest BCUT2D eigenvalue weighted by molar-refractivity contribution is 5.78. The summed E-state index contributed by atoms with van der Waals surface area (Å²) < 4.78 is 3.42. The third-order valence-electron chi connectivity index (χ3n) is 5.49. The molecule has 4 rings (SSSR count). The summed E-state index contributed by atoms with van der Waals surface area (Å²) in [6.07, 6.45) is 2.78. The van der Waals surface area contributed by atoms with Gasteiger partial charge in [-0.15, -0.1) is 5.10 Å². The Hall–Kier alpha value is -3.55. The van der Waals surface area contributed by atoms with Crippen LogP contribution in [-0.4, -0.2) is 30.5 Å². The van der Waals surface area contributed by atoms with E-state index in [0.717, 1.165) is 36.1 Å². The molecule has 2 heterocycles. The van der Waals surface area contributed by atoms with Gasteiger partial charge in [-0.1, -0.05) is 35.9 Å². The summed E-state index contributed by atoms with van der Waals surface area (Å²) in [5, 5.41) is 11.7. The summed E-state index contributed by atoms with van der Waals surface area (Å²) in [5.74, 6) is 0.839. The number of benzene rings is 2. The van der Waals surface area contributed by atoms with E-state index < -0.39 is 0 Å². The molecule has 4 aromatic rings.